The van der Waals surface area contributed by atoms with E-state index in [2.05, 4.69) is 6.07 Å². The highest BCUT2D eigenvalue weighted by Gasteiger charge is 2.29. The van der Waals surface area contributed by atoms with Crippen molar-refractivity contribution in [3.63, 3.8) is 0 Å². The molecule has 1 aliphatic rings. The van der Waals surface area contributed by atoms with Crippen molar-refractivity contribution in [1.29, 1.82) is 0 Å². The number of hydrogen-bond donors (Lipinski definition) is 0. The molecule has 2 heterocycles. The van der Waals surface area contributed by atoms with Crippen molar-refractivity contribution in [3.05, 3.63) is 64.9 Å². The van der Waals surface area contributed by atoms with Crippen LogP contribution in [-0.2, 0) is 11.2 Å². The first-order chi connectivity index (χ1) is 12.7. The van der Waals surface area contributed by atoms with Gasteiger partial charge in [-0.2, -0.15) is 0 Å². The van der Waals surface area contributed by atoms with Gasteiger partial charge in [0.2, 0.25) is 5.91 Å². The molecule has 4 rings (SSSR count). The lowest BCUT2D eigenvalue weighted by atomic mass is 10.0. The molecule has 134 valence electrons. The fourth-order valence-corrected chi connectivity index (χ4v) is 4.72. The molecular formula is C21H21FN2OS. The van der Waals surface area contributed by atoms with Crippen molar-refractivity contribution in [2.24, 2.45) is 0 Å². The molecule has 0 bridgehead atoms. The van der Waals surface area contributed by atoms with Crippen molar-refractivity contribution >= 4 is 27.5 Å². The van der Waals surface area contributed by atoms with E-state index in [0.717, 1.165) is 41.9 Å². The summed E-state index contributed by atoms with van der Waals surface area (Å²) in [6.45, 7) is 0.780. The second kappa shape index (κ2) is 7.54. The largest absolute Gasteiger partial charge is 0.333 e. The van der Waals surface area contributed by atoms with Crippen molar-refractivity contribution < 1.29 is 9.18 Å². The van der Waals surface area contributed by atoms with E-state index < -0.39 is 0 Å². The minimum atomic E-state index is -0.250. The maximum Gasteiger partial charge on any atom is 0.223 e. The third-order valence-corrected chi connectivity index (χ3v) is 6.07. The highest BCUT2D eigenvalue weighted by Crippen LogP contribution is 2.36. The first-order valence-corrected chi connectivity index (χ1v) is 9.92. The van der Waals surface area contributed by atoms with Gasteiger partial charge in [0.05, 0.1) is 16.3 Å². The Labute approximate surface area is 156 Å². The SMILES string of the molecule is O=C(CCc1cccc(F)c1)N1CCCCC1c1nc2ccccc2s1. The van der Waals surface area contributed by atoms with Crippen LogP contribution in [0.15, 0.2) is 48.5 Å². The molecule has 1 aliphatic heterocycles. The number of thiazole rings is 1. The van der Waals surface area contributed by atoms with Crippen LogP contribution in [0.25, 0.3) is 10.2 Å². The maximum absolute atomic E-state index is 13.3. The van der Waals surface area contributed by atoms with Crippen molar-refractivity contribution in [3.8, 4) is 0 Å². The second-order valence-electron chi connectivity index (χ2n) is 6.75. The molecule has 3 nitrogen and oxygen atoms in total. The number of hydrogen-bond acceptors (Lipinski definition) is 3. The Morgan fingerprint density at radius 3 is 2.92 bits per heavy atom. The van der Waals surface area contributed by atoms with E-state index in [9.17, 15) is 9.18 Å². The average molecular weight is 368 g/mol. The van der Waals surface area contributed by atoms with E-state index in [-0.39, 0.29) is 17.8 Å². The maximum atomic E-state index is 13.3. The monoisotopic (exact) mass is 368 g/mol. The number of amides is 1. The van der Waals surface area contributed by atoms with E-state index >= 15 is 0 Å². The molecule has 1 saturated heterocycles. The number of halogens is 1. The Kier molecular flexibility index (Phi) is 4.98. The molecule has 5 heteroatoms. The minimum Gasteiger partial charge on any atom is -0.333 e. The van der Waals surface area contributed by atoms with E-state index in [1.54, 1.807) is 17.4 Å². The number of likely N-dealkylation sites (tertiary alicyclic amines) is 1. The Bertz CT molecular complexity index is 890. The summed E-state index contributed by atoms with van der Waals surface area (Å²) in [5, 5.41) is 1.03. The van der Waals surface area contributed by atoms with Crippen molar-refractivity contribution in [1.82, 2.24) is 9.88 Å². The number of aromatic nitrogens is 1. The van der Waals surface area contributed by atoms with Crippen molar-refractivity contribution in [2.75, 3.05) is 6.54 Å². The highest BCUT2D eigenvalue weighted by molar-refractivity contribution is 7.18. The molecule has 0 saturated carbocycles. The summed E-state index contributed by atoms with van der Waals surface area (Å²) >= 11 is 1.69. The number of carbonyl (C=O) groups is 1. The van der Waals surface area contributed by atoms with Crippen LogP contribution in [-0.4, -0.2) is 22.3 Å². The third kappa shape index (κ3) is 3.63. The predicted octanol–water partition coefficient (Wildman–Crippen LogP) is 5.12. The van der Waals surface area contributed by atoms with Crippen molar-refractivity contribution in [2.45, 2.75) is 38.1 Å². The van der Waals surface area contributed by atoms with E-state index in [0.29, 0.717) is 12.8 Å². The number of benzene rings is 2. The number of rotatable bonds is 4. The third-order valence-electron chi connectivity index (χ3n) is 4.94. The lowest BCUT2D eigenvalue weighted by Gasteiger charge is -2.34. The van der Waals surface area contributed by atoms with Gasteiger partial charge in [-0.1, -0.05) is 24.3 Å². The van der Waals surface area contributed by atoms with E-state index in [4.69, 9.17) is 4.98 Å². The number of para-hydroxylation sites is 1. The summed E-state index contributed by atoms with van der Waals surface area (Å²) in [7, 11) is 0. The number of nitrogens with zero attached hydrogens (tertiary/aromatic N) is 2. The molecule has 1 amide bonds. The van der Waals surface area contributed by atoms with Gasteiger partial charge in [-0.3, -0.25) is 4.79 Å². The zero-order valence-electron chi connectivity index (χ0n) is 14.5. The molecule has 1 atom stereocenters. The Morgan fingerprint density at radius 2 is 2.08 bits per heavy atom. The van der Waals surface area contributed by atoms with Gasteiger partial charge in [-0.05, 0) is 55.5 Å². The zero-order valence-corrected chi connectivity index (χ0v) is 15.3. The summed E-state index contributed by atoms with van der Waals surface area (Å²) in [5.41, 5.74) is 1.87. The van der Waals surface area contributed by atoms with Crippen LogP contribution in [0.4, 0.5) is 4.39 Å². The molecule has 2 aromatic carbocycles. The first-order valence-electron chi connectivity index (χ1n) is 9.10. The van der Waals surface area contributed by atoms with Crippen LogP contribution < -0.4 is 0 Å². The summed E-state index contributed by atoms with van der Waals surface area (Å²) in [6, 6.07) is 14.7. The number of carbonyl (C=O) groups excluding carboxylic acids is 1. The van der Waals surface area contributed by atoms with Gasteiger partial charge in [0.15, 0.2) is 0 Å². The van der Waals surface area contributed by atoms with Gasteiger partial charge in [0, 0.05) is 13.0 Å². The minimum absolute atomic E-state index is 0.0705. The fraction of sp³-hybridized carbons (Fsp3) is 0.333. The van der Waals surface area contributed by atoms with Gasteiger partial charge in [-0.25, -0.2) is 9.37 Å². The van der Waals surface area contributed by atoms with Gasteiger partial charge >= 0.3 is 0 Å². The lowest BCUT2D eigenvalue weighted by Crippen LogP contribution is -2.38. The smallest absolute Gasteiger partial charge is 0.223 e. The summed E-state index contributed by atoms with van der Waals surface area (Å²) in [4.78, 5) is 19.6. The number of fused-ring (bicyclic) bond motifs is 1. The Balaban J connectivity index is 1.50. The van der Waals surface area contributed by atoms with Crippen LogP contribution in [0.2, 0.25) is 0 Å². The molecule has 1 fully saturated rings. The molecule has 1 unspecified atom stereocenters. The van der Waals surface area contributed by atoms with Crippen LogP contribution in [0, 0.1) is 5.82 Å². The Hall–Kier alpha value is -2.27. The molecular weight excluding hydrogens is 347 g/mol. The van der Waals surface area contributed by atoms with Gasteiger partial charge in [0.25, 0.3) is 0 Å². The number of aryl methyl sites for hydroxylation is 1. The molecule has 26 heavy (non-hydrogen) atoms. The predicted molar refractivity (Wildman–Crippen MR) is 103 cm³/mol. The van der Waals surface area contributed by atoms with Gasteiger partial charge < -0.3 is 4.90 Å². The lowest BCUT2D eigenvalue weighted by molar-refractivity contribution is -0.135. The molecule has 0 radical (unpaired) electrons. The molecule has 0 spiro atoms. The quantitative estimate of drug-likeness (QED) is 0.640. The standard InChI is InChI=1S/C21H21FN2OS/c22-16-7-5-6-15(14-16)11-12-20(25)24-13-4-3-9-18(24)21-23-17-8-1-2-10-19(17)26-21/h1-2,5-8,10,14,18H,3-4,9,11-13H2. The Morgan fingerprint density at radius 1 is 1.19 bits per heavy atom. The number of piperidine rings is 1. The van der Waals surface area contributed by atoms with Crippen LogP contribution >= 0.6 is 11.3 Å². The summed E-state index contributed by atoms with van der Waals surface area (Å²) in [6.07, 6.45) is 4.09. The van der Waals surface area contributed by atoms with E-state index in [1.807, 2.05) is 29.2 Å². The first kappa shape index (κ1) is 17.2. The molecule has 0 aliphatic carbocycles. The molecule has 1 aromatic heterocycles. The summed E-state index contributed by atoms with van der Waals surface area (Å²) in [5.74, 6) is -0.113. The second-order valence-corrected chi connectivity index (χ2v) is 7.81. The zero-order chi connectivity index (χ0) is 17.9. The van der Waals surface area contributed by atoms with Gasteiger partial charge in [-0.15, -0.1) is 11.3 Å². The molecule has 3 aromatic rings. The normalized spacial score (nSPS) is 17.6. The van der Waals surface area contributed by atoms with Crippen LogP contribution in [0.1, 0.15) is 42.3 Å². The average Bonchev–Trinajstić information content (AvgIpc) is 3.10. The molecule has 0 N–H and O–H groups in total. The van der Waals surface area contributed by atoms with Crippen LogP contribution in [0.3, 0.4) is 0 Å². The highest BCUT2D eigenvalue weighted by atomic mass is 32.1. The summed E-state index contributed by atoms with van der Waals surface area (Å²) < 4.78 is 14.5. The topological polar surface area (TPSA) is 33.2 Å². The fourth-order valence-electron chi connectivity index (χ4n) is 3.61. The van der Waals surface area contributed by atoms with Crippen LogP contribution in [0.5, 0.6) is 0 Å². The van der Waals surface area contributed by atoms with E-state index in [1.165, 1.54) is 16.8 Å². The van der Waals surface area contributed by atoms with Gasteiger partial charge in [0.1, 0.15) is 10.8 Å².